The summed E-state index contributed by atoms with van der Waals surface area (Å²) in [5.41, 5.74) is 0. The van der Waals surface area contributed by atoms with E-state index in [-0.39, 0.29) is 17.9 Å². The summed E-state index contributed by atoms with van der Waals surface area (Å²) in [7, 11) is 2.13. The first-order chi connectivity index (χ1) is 11.6. The van der Waals surface area contributed by atoms with Crippen LogP contribution in [-0.2, 0) is 16.0 Å². The molecule has 2 heterocycles. The van der Waals surface area contributed by atoms with Gasteiger partial charge in [-0.05, 0) is 51.1 Å². The average molecular weight is 350 g/mol. The van der Waals surface area contributed by atoms with Crippen LogP contribution in [0.5, 0.6) is 0 Å². The van der Waals surface area contributed by atoms with Crippen LogP contribution in [-0.4, -0.2) is 59.9 Å². The number of thiophene rings is 1. The molecule has 0 radical (unpaired) electrons. The third-order valence-corrected chi connectivity index (χ3v) is 6.05. The number of likely N-dealkylation sites (N-methyl/N-ethyl adjacent to an activating group) is 1. The van der Waals surface area contributed by atoms with Gasteiger partial charge in [-0.25, -0.2) is 0 Å². The third kappa shape index (κ3) is 4.16. The van der Waals surface area contributed by atoms with E-state index < -0.39 is 0 Å². The first-order valence-corrected chi connectivity index (χ1v) is 9.75. The molecule has 2 aliphatic rings. The molecule has 6 heteroatoms. The van der Waals surface area contributed by atoms with Gasteiger partial charge in [-0.3, -0.25) is 14.5 Å². The zero-order chi connectivity index (χ0) is 17.1. The van der Waals surface area contributed by atoms with E-state index in [4.69, 9.17) is 0 Å². The number of rotatable bonds is 7. The van der Waals surface area contributed by atoms with Crippen molar-refractivity contribution in [3.8, 4) is 0 Å². The van der Waals surface area contributed by atoms with E-state index in [9.17, 15) is 9.59 Å². The van der Waals surface area contributed by atoms with Gasteiger partial charge in [0.25, 0.3) is 0 Å². The Kier molecular flexibility index (Phi) is 5.56. The Balaban J connectivity index is 1.50. The van der Waals surface area contributed by atoms with E-state index in [1.807, 2.05) is 17.5 Å². The lowest BCUT2D eigenvalue weighted by molar-refractivity contribution is -0.138. The van der Waals surface area contributed by atoms with Crippen LogP contribution in [0.25, 0.3) is 0 Å². The van der Waals surface area contributed by atoms with Crippen LogP contribution < -0.4 is 5.32 Å². The van der Waals surface area contributed by atoms with Crippen molar-refractivity contribution < 1.29 is 9.59 Å². The van der Waals surface area contributed by atoms with Crippen LogP contribution in [0.15, 0.2) is 17.5 Å². The molecule has 2 fully saturated rings. The zero-order valence-corrected chi connectivity index (χ0v) is 15.3. The Morgan fingerprint density at radius 2 is 2.21 bits per heavy atom. The van der Waals surface area contributed by atoms with Crippen molar-refractivity contribution in [3.63, 3.8) is 0 Å². The molecular formula is C18H27N3O2S. The summed E-state index contributed by atoms with van der Waals surface area (Å²) in [6.45, 7) is 3.49. The quantitative estimate of drug-likeness (QED) is 0.818. The SMILES string of the molecule is C[C@@H](CNC(=O)[C@H]1CCCN1C(=O)Cc1cccs1)N(C)C1CC1. The number of carbonyl (C=O) groups is 2. The van der Waals surface area contributed by atoms with Crippen molar-refractivity contribution >= 4 is 23.2 Å². The van der Waals surface area contributed by atoms with Gasteiger partial charge in [0.2, 0.25) is 11.8 Å². The van der Waals surface area contributed by atoms with Gasteiger partial charge < -0.3 is 10.2 Å². The maximum Gasteiger partial charge on any atom is 0.242 e. The first kappa shape index (κ1) is 17.4. The van der Waals surface area contributed by atoms with E-state index in [1.165, 1.54) is 12.8 Å². The Hall–Kier alpha value is -1.40. The lowest BCUT2D eigenvalue weighted by Gasteiger charge is -2.27. The fourth-order valence-electron chi connectivity index (χ4n) is 3.35. The van der Waals surface area contributed by atoms with Crippen LogP contribution >= 0.6 is 11.3 Å². The van der Waals surface area contributed by atoms with Crippen molar-refractivity contribution in [2.45, 2.75) is 57.2 Å². The number of hydrogen-bond donors (Lipinski definition) is 1. The molecule has 1 saturated heterocycles. The summed E-state index contributed by atoms with van der Waals surface area (Å²) in [6.07, 6.45) is 4.62. The van der Waals surface area contributed by atoms with Crippen LogP contribution in [0, 0.1) is 0 Å². The maximum absolute atomic E-state index is 12.6. The van der Waals surface area contributed by atoms with Crippen molar-refractivity contribution in [1.29, 1.82) is 0 Å². The summed E-state index contributed by atoms with van der Waals surface area (Å²) in [4.78, 5) is 30.2. The summed E-state index contributed by atoms with van der Waals surface area (Å²) in [5, 5.41) is 5.04. The van der Waals surface area contributed by atoms with Gasteiger partial charge in [0.1, 0.15) is 6.04 Å². The number of carbonyl (C=O) groups excluding carboxylic acids is 2. The second-order valence-electron chi connectivity index (χ2n) is 6.99. The average Bonchev–Trinajstić information content (AvgIpc) is 3.08. The molecule has 3 rings (SSSR count). The fraction of sp³-hybridized carbons (Fsp3) is 0.667. The largest absolute Gasteiger partial charge is 0.353 e. The molecular weight excluding hydrogens is 322 g/mol. The molecule has 1 aromatic heterocycles. The third-order valence-electron chi connectivity index (χ3n) is 5.17. The van der Waals surface area contributed by atoms with E-state index in [1.54, 1.807) is 16.2 Å². The van der Waals surface area contributed by atoms with Gasteiger partial charge in [0, 0.05) is 30.1 Å². The highest BCUT2D eigenvalue weighted by molar-refractivity contribution is 7.10. The van der Waals surface area contributed by atoms with E-state index in [0.29, 0.717) is 31.6 Å². The van der Waals surface area contributed by atoms with Crippen molar-refractivity contribution in [2.24, 2.45) is 0 Å². The Bertz CT molecular complexity index is 571. The Morgan fingerprint density at radius 3 is 2.88 bits per heavy atom. The summed E-state index contributed by atoms with van der Waals surface area (Å²) in [6, 6.07) is 4.66. The van der Waals surface area contributed by atoms with E-state index in [2.05, 4.69) is 24.2 Å². The smallest absolute Gasteiger partial charge is 0.242 e. The molecule has 1 aliphatic carbocycles. The number of nitrogens with zero attached hydrogens (tertiary/aromatic N) is 2. The Labute approximate surface area is 148 Å². The van der Waals surface area contributed by atoms with Gasteiger partial charge in [-0.15, -0.1) is 11.3 Å². The first-order valence-electron chi connectivity index (χ1n) is 8.87. The van der Waals surface area contributed by atoms with Crippen LogP contribution in [0.3, 0.4) is 0 Å². The van der Waals surface area contributed by atoms with Crippen LogP contribution in [0.1, 0.15) is 37.5 Å². The highest BCUT2D eigenvalue weighted by atomic mass is 32.1. The normalized spacial score (nSPS) is 22.0. The summed E-state index contributed by atoms with van der Waals surface area (Å²) >= 11 is 1.59. The molecule has 0 bridgehead atoms. The Morgan fingerprint density at radius 1 is 1.42 bits per heavy atom. The predicted octanol–water partition coefficient (Wildman–Crippen LogP) is 1.88. The van der Waals surface area contributed by atoms with Crippen LogP contribution in [0.2, 0.25) is 0 Å². The zero-order valence-electron chi connectivity index (χ0n) is 14.5. The number of amides is 2. The number of nitrogens with one attached hydrogen (secondary N) is 1. The molecule has 1 N–H and O–H groups in total. The molecule has 0 unspecified atom stereocenters. The minimum Gasteiger partial charge on any atom is -0.353 e. The lowest BCUT2D eigenvalue weighted by atomic mass is 10.2. The lowest BCUT2D eigenvalue weighted by Crippen LogP contribution is -2.49. The second kappa shape index (κ2) is 7.66. The molecule has 1 saturated carbocycles. The monoisotopic (exact) mass is 349 g/mol. The molecule has 5 nitrogen and oxygen atoms in total. The maximum atomic E-state index is 12.6. The molecule has 1 aromatic rings. The van der Waals surface area contributed by atoms with Gasteiger partial charge in [0.15, 0.2) is 0 Å². The van der Waals surface area contributed by atoms with Gasteiger partial charge in [0.05, 0.1) is 6.42 Å². The minimum absolute atomic E-state index is 0.00285. The van der Waals surface area contributed by atoms with Crippen molar-refractivity contribution in [3.05, 3.63) is 22.4 Å². The van der Waals surface area contributed by atoms with Crippen molar-refractivity contribution in [1.82, 2.24) is 15.1 Å². The fourth-order valence-corrected chi connectivity index (χ4v) is 4.05. The van der Waals surface area contributed by atoms with Crippen LogP contribution in [0.4, 0.5) is 0 Å². The van der Waals surface area contributed by atoms with Crippen molar-refractivity contribution in [2.75, 3.05) is 20.1 Å². The van der Waals surface area contributed by atoms with Gasteiger partial charge in [-0.2, -0.15) is 0 Å². The molecule has 0 spiro atoms. The van der Waals surface area contributed by atoms with E-state index in [0.717, 1.165) is 17.7 Å². The number of likely N-dealkylation sites (tertiary alicyclic amines) is 1. The molecule has 2 atom stereocenters. The summed E-state index contributed by atoms with van der Waals surface area (Å²) in [5.74, 6) is 0.0707. The standard InChI is InChI=1S/C18H27N3O2S/c1-13(20(2)14-7-8-14)12-19-18(23)16-6-3-9-21(16)17(22)11-15-5-4-10-24-15/h4-5,10,13-14,16H,3,6-9,11-12H2,1-2H3,(H,19,23)/t13-,16+/m0/s1. The molecule has 1 aliphatic heterocycles. The highest BCUT2D eigenvalue weighted by Crippen LogP contribution is 2.26. The summed E-state index contributed by atoms with van der Waals surface area (Å²) < 4.78 is 0. The minimum atomic E-state index is -0.295. The van der Waals surface area contributed by atoms with Gasteiger partial charge in [-0.1, -0.05) is 6.07 Å². The molecule has 2 amide bonds. The highest BCUT2D eigenvalue weighted by Gasteiger charge is 2.34. The number of hydrogen-bond acceptors (Lipinski definition) is 4. The molecule has 0 aromatic carbocycles. The topological polar surface area (TPSA) is 52.7 Å². The second-order valence-corrected chi connectivity index (χ2v) is 8.02. The van der Waals surface area contributed by atoms with E-state index >= 15 is 0 Å². The molecule has 24 heavy (non-hydrogen) atoms. The predicted molar refractivity (Wildman–Crippen MR) is 96.0 cm³/mol. The molecule has 132 valence electrons. The van der Waals surface area contributed by atoms with Gasteiger partial charge >= 0.3 is 0 Å².